The van der Waals surface area contributed by atoms with Crippen molar-refractivity contribution in [2.75, 3.05) is 0 Å². The zero-order valence-corrected chi connectivity index (χ0v) is 6.46. The first kappa shape index (κ1) is 9.73. The van der Waals surface area contributed by atoms with Crippen LogP contribution in [0.25, 0.3) is 0 Å². The molecule has 0 saturated carbocycles. The minimum atomic E-state index is -0.707. The normalized spacial score (nSPS) is 10.7. The molecule has 0 spiro atoms. The Bertz CT molecular complexity index is 200. The van der Waals surface area contributed by atoms with Crippen molar-refractivity contribution in [3.8, 4) is 11.8 Å². The van der Waals surface area contributed by atoms with Crippen molar-refractivity contribution in [1.82, 2.24) is 0 Å². The molecule has 0 saturated heterocycles. The number of carbonyl (C=O) groups is 1. The average molecular weight is 153 g/mol. The van der Waals surface area contributed by atoms with E-state index in [1.807, 2.05) is 6.92 Å². The number of carbonyl (C=O) groups excluding carboxylic acids is 1. The molecule has 2 N–H and O–H groups in total. The summed E-state index contributed by atoms with van der Waals surface area (Å²) in [5.74, 6) is 8.86. The van der Waals surface area contributed by atoms with Gasteiger partial charge in [-0.05, 0) is 6.42 Å². The molecule has 3 heteroatoms. The van der Waals surface area contributed by atoms with E-state index in [1.165, 1.54) is 0 Å². The first-order chi connectivity index (χ1) is 5.20. The third kappa shape index (κ3) is 5.19. The molecule has 0 aromatic rings. The third-order valence-electron chi connectivity index (χ3n) is 1.05. The molecule has 1 atom stereocenters. The van der Waals surface area contributed by atoms with Crippen molar-refractivity contribution in [3.63, 3.8) is 0 Å². The molecule has 0 rings (SSSR count). The van der Waals surface area contributed by atoms with Gasteiger partial charge < -0.3 is 4.84 Å². The Kier molecular flexibility index (Phi) is 4.87. The van der Waals surface area contributed by atoms with Gasteiger partial charge in [0, 0.05) is 11.8 Å². The van der Waals surface area contributed by atoms with Crippen molar-refractivity contribution in [1.29, 1.82) is 0 Å². The summed E-state index contributed by atoms with van der Waals surface area (Å²) in [7, 11) is 0. The Labute approximate surface area is 66.2 Å². The van der Waals surface area contributed by atoms with Crippen LogP contribution in [0.1, 0.15) is 13.3 Å². The molecule has 0 radical (unpaired) electrons. The number of hydrogen-bond acceptors (Lipinski definition) is 3. The quantitative estimate of drug-likeness (QED) is 0.359. The van der Waals surface area contributed by atoms with Crippen LogP contribution in [0, 0.1) is 17.8 Å². The Morgan fingerprint density at radius 2 is 2.55 bits per heavy atom. The molecule has 3 nitrogen and oxygen atoms in total. The van der Waals surface area contributed by atoms with Crippen LogP contribution in [-0.4, -0.2) is 5.97 Å². The van der Waals surface area contributed by atoms with Crippen LogP contribution in [0.5, 0.6) is 0 Å². The fourth-order valence-electron chi connectivity index (χ4n) is 0.521. The first-order valence-electron chi connectivity index (χ1n) is 3.23. The summed E-state index contributed by atoms with van der Waals surface area (Å²) in [5, 5.41) is 0. The summed E-state index contributed by atoms with van der Waals surface area (Å²) in [6, 6.07) is 0. The van der Waals surface area contributed by atoms with E-state index >= 15 is 0 Å². The van der Waals surface area contributed by atoms with Crippen LogP contribution >= 0.6 is 0 Å². The Morgan fingerprint density at radius 3 is 3.00 bits per heavy atom. The van der Waals surface area contributed by atoms with Gasteiger partial charge >= 0.3 is 5.97 Å². The highest BCUT2D eigenvalue weighted by Gasteiger charge is 1.94. The summed E-state index contributed by atoms with van der Waals surface area (Å²) >= 11 is 0. The lowest BCUT2D eigenvalue weighted by Crippen LogP contribution is -2.07. The summed E-state index contributed by atoms with van der Waals surface area (Å²) < 4.78 is 0. The maximum atomic E-state index is 10.4. The lowest BCUT2D eigenvalue weighted by atomic mass is 10.1. The molecule has 0 fully saturated rings. The fraction of sp³-hybridized carbons (Fsp3) is 0.375. The largest absolute Gasteiger partial charge is 0.402 e. The molecule has 0 aliphatic heterocycles. The van der Waals surface area contributed by atoms with Crippen molar-refractivity contribution in [2.24, 2.45) is 11.8 Å². The highest BCUT2D eigenvalue weighted by molar-refractivity contribution is 5.88. The lowest BCUT2D eigenvalue weighted by molar-refractivity contribution is -0.137. The molecule has 1 unspecified atom stereocenters. The van der Waals surface area contributed by atoms with Gasteiger partial charge in [-0.15, -0.1) is 6.58 Å². The van der Waals surface area contributed by atoms with Gasteiger partial charge in [-0.3, -0.25) is 0 Å². The molecular formula is C8H11NO2. The average Bonchev–Trinajstić information content (AvgIpc) is 2.01. The summed E-state index contributed by atoms with van der Waals surface area (Å²) in [6.07, 6.45) is 2.50. The zero-order chi connectivity index (χ0) is 8.69. The van der Waals surface area contributed by atoms with Crippen LogP contribution in [-0.2, 0) is 9.63 Å². The molecule has 0 aliphatic carbocycles. The van der Waals surface area contributed by atoms with E-state index in [9.17, 15) is 4.79 Å². The van der Waals surface area contributed by atoms with Gasteiger partial charge in [0.2, 0.25) is 0 Å². The molecule has 0 heterocycles. The standard InChI is InChI=1S/C8H11NO2/c1-3-4-7(2)5-6-8(10)11-9/h3,7H,1,4,9H2,2H3. The second-order valence-electron chi connectivity index (χ2n) is 2.10. The van der Waals surface area contributed by atoms with Crippen LogP contribution in [0.4, 0.5) is 0 Å². The Morgan fingerprint density at radius 1 is 1.91 bits per heavy atom. The van der Waals surface area contributed by atoms with Crippen LogP contribution < -0.4 is 5.90 Å². The number of hydrogen-bond donors (Lipinski definition) is 1. The Balaban J connectivity index is 3.85. The van der Waals surface area contributed by atoms with E-state index in [0.29, 0.717) is 0 Å². The molecule has 11 heavy (non-hydrogen) atoms. The topological polar surface area (TPSA) is 52.3 Å². The van der Waals surface area contributed by atoms with Gasteiger partial charge in [0.1, 0.15) is 0 Å². The van der Waals surface area contributed by atoms with E-state index in [4.69, 9.17) is 0 Å². The predicted molar refractivity (Wildman–Crippen MR) is 42.0 cm³/mol. The van der Waals surface area contributed by atoms with E-state index in [1.54, 1.807) is 6.08 Å². The second-order valence-corrected chi connectivity index (χ2v) is 2.10. The molecule has 0 amide bonds. The fourth-order valence-corrected chi connectivity index (χ4v) is 0.521. The minimum Gasteiger partial charge on any atom is -0.364 e. The summed E-state index contributed by atoms with van der Waals surface area (Å²) in [4.78, 5) is 14.2. The molecule has 0 bridgehead atoms. The van der Waals surface area contributed by atoms with Gasteiger partial charge in [-0.2, -0.15) is 5.90 Å². The molecule has 0 aromatic heterocycles. The van der Waals surface area contributed by atoms with Crippen LogP contribution in [0.3, 0.4) is 0 Å². The maximum absolute atomic E-state index is 10.4. The molecule has 0 aliphatic rings. The van der Waals surface area contributed by atoms with Crippen molar-refractivity contribution < 1.29 is 9.63 Å². The second kappa shape index (κ2) is 5.51. The number of allylic oxidation sites excluding steroid dienone is 1. The van der Waals surface area contributed by atoms with Crippen molar-refractivity contribution in [2.45, 2.75) is 13.3 Å². The molecule has 60 valence electrons. The summed E-state index contributed by atoms with van der Waals surface area (Å²) in [5.41, 5.74) is 0. The number of nitrogens with two attached hydrogens (primary N) is 1. The maximum Gasteiger partial charge on any atom is 0.402 e. The Hall–Kier alpha value is -1.27. The van der Waals surface area contributed by atoms with E-state index in [0.717, 1.165) is 6.42 Å². The molecule has 0 aromatic carbocycles. The summed E-state index contributed by atoms with van der Waals surface area (Å²) in [6.45, 7) is 5.43. The predicted octanol–water partition coefficient (Wildman–Crippen LogP) is 0.619. The highest BCUT2D eigenvalue weighted by Crippen LogP contribution is 1.98. The SMILES string of the molecule is C=CCC(C)C#CC(=O)ON. The molecular weight excluding hydrogens is 142 g/mol. The first-order valence-corrected chi connectivity index (χ1v) is 3.23. The van der Waals surface area contributed by atoms with Crippen molar-refractivity contribution >= 4 is 5.97 Å². The van der Waals surface area contributed by atoms with Gasteiger partial charge in [0.15, 0.2) is 0 Å². The monoisotopic (exact) mass is 153 g/mol. The van der Waals surface area contributed by atoms with Gasteiger partial charge in [0.05, 0.1) is 0 Å². The van der Waals surface area contributed by atoms with Crippen molar-refractivity contribution in [3.05, 3.63) is 12.7 Å². The third-order valence-corrected chi connectivity index (χ3v) is 1.05. The zero-order valence-electron chi connectivity index (χ0n) is 6.46. The number of rotatable bonds is 2. The van der Waals surface area contributed by atoms with E-state index in [2.05, 4.69) is 29.2 Å². The van der Waals surface area contributed by atoms with Gasteiger partial charge in [-0.25, -0.2) is 4.79 Å². The lowest BCUT2D eigenvalue weighted by Gasteiger charge is -1.94. The van der Waals surface area contributed by atoms with Gasteiger partial charge in [0.25, 0.3) is 0 Å². The van der Waals surface area contributed by atoms with Crippen LogP contribution in [0.2, 0.25) is 0 Å². The smallest absolute Gasteiger partial charge is 0.364 e. The highest BCUT2D eigenvalue weighted by atomic mass is 16.7. The van der Waals surface area contributed by atoms with E-state index in [-0.39, 0.29) is 5.92 Å². The van der Waals surface area contributed by atoms with Crippen LogP contribution in [0.15, 0.2) is 12.7 Å². The minimum absolute atomic E-state index is 0.117. The van der Waals surface area contributed by atoms with E-state index < -0.39 is 5.97 Å². The van der Waals surface area contributed by atoms with Gasteiger partial charge in [-0.1, -0.05) is 18.9 Å².